The van der Waals surface area contributed by atoms with Gasteiger partial charge in [0, 0.05) is 18.8 Å². The normalized spacial score (nSPS) is 17.8. The molecule has 2 rings (SSSR count). The van der Waals surface area contributed by atoms with Crippen LogP contribution in [0, 0.1) is 5.41 Å². The molecule has 3 N–H and O–H groups in total. The second kappa shape index (κ2) is 5.53. The molecule has 1 aliphatic rings. The van der Waals surface area contributed by atoms with Gasteiger partial charge < -0.3 is 15.7 Å². The highest BCUT2D eigenvalue weighted by Crippen LogP contribution is 2.37. The number of anilines is 1. The van der Waals surface area contributed by atoms with Crippen molar-refractivity contribution in [2.75, 3.05) is 18.0 Å². The number of carbonyl (C=O) groups excluding carboxylic acids is 1. The van der Waals surface area contributed by atoms with Gasteiger partial charge in [0.1, 0.15) is 0 Å². The molecule has 1 heterocycles. The average molecular weight is 276 g/mol. The number of nitrogens with zero attached hydrogens (tertiary/aromatic N) is 1. The van der Waals surface area contributed by atoms with Crippen molar-refractivity contribution in [3.8, 4) is 0 Å². The third-order valence-electron chi connectivity index (χ3n) is 4.36. The maximum absolute atomic E-state index is 11.5. The first-order chi connectivity index (χ1) is 9.50. The molecule has 0 atom stereocenters. The van der Waals surface area contributed by atoms with Crippen LogP contribution in [0.3, 0.4) is 0 Å². The van der Waals surface area contributed by atoms with Crippen LogP contribution in [0.2, 0.25) is 0 Å². The third-order valence-corrected chi connectivity index (χ3v) is 4.36. The number of hydrogen-bond acceptors (Lipinski definition) is 3. The molecule has 5 heteroatoms. The van der Waals surface area contributed by atoms with Crippen LogP contribution in [0.5, 0.6) is 0 Å². The number of rotatable bonds is 4. The molecule has 1 aliphatic heterocycles. The molecule has 1 fully saturated rings. The van der Waals surface area contributed by atoms with Gasteiger partial charge in [-0.15, -0.1) is 0 Å². The van der Waals surface area contributed by atoms with E-state index in [1.807, 2.05) is 19.1 Å². The summed E-state index contributed by atoms with van der Waals surface area (Å²) in [5.74, 6) is -1.17. The lowest BCUT2D eigenvalue weighted by Crippen LogP contribution is -2.44. The van der Waals surface area contributed by atoms with Gasteiger partial charge in [0.05, 0.1) is 11.0 Å². The van der Waals surface area contributed by atoms with E-state index in [1.54, 1.807) is 12.1 Å². The molecule has 20 heavy (non-hydrogen) atoms. The van der Waals surface area contributed by atoms with Gasteiger partial charge in [-0.2, -0.15) is 0 Å². The van der Waals surface area contributed by atoms with E-state index in [1.165, 1.54) is 0 Å². The number of nitrogens with two attached hydrogens (primary N) is 1. The van der Waals surface area contributed by atoms with E-state index in [-0.39, 0.29) is 0 Å². The summed E-state index contributed by atoms with van der Waals surface area (Å²) in [6.45, 7) is 3.18. The summed E-state index contributed by atoms with van der Waals surface area (Å²) in [6, 6.07) is 7.21. The summed E-state index contributed by atoms with van der Waals surface area (Å²) >= 11 is 0. The monoisotopic (exact) mass is 276 g/mol. The zero-order valence-corrected chi connectivity index (χ0v) is 11.6. The minimum atomic E-state index is -0.720. The van der Waals surface area contributed by atoms with Gasteiger partial charge in [-0.1, -0.05) is 19.1 Å². The molecule has 0 unspecified atom stereocenters. The van der Waals surface area contributed by atoms with Gasteiger partial charge >= 0.3 is 5.97 Å². The van der Waals surface area contributed by atoms with E-state index in [0.29, 0.717) is 37.9 Å². The Bertz CT molecular complexity index is 520. The molecule has 0 saturated carbocycles. The number of benzene rings is 1. The molecular formula is C15H20N2O3. The number of carboxylic acids is 1. The van der Waals surface area contributed by atoms with E-state index in [4.69, 9.17) is 5.73 Å². The van der Waals surface area contributed by atoms with Crippen molar-refractivity contribution >= 4 is 17.6 Å². The first kappa shape index (κ1) is 14.4. The number of carboxylic acid groups (broad SMARTS) is 1. The SMILES string of the molecule is CCC1(C(=O)O)CCN(c2ccccc2C(N)=O)CC1. The summed E-state index contributed by atoms with van der Waals surface area (Å²) < 4.78 is 0. The van der Waals surface area contributed by atoms with Crippen LogP contribution in [0.4, 0.5) is 5.69 Å². The predicted molar refractivity (Wildman–Crippen MR) is 76.8 cm³/mol. The fourth-order valence-electron chi connectivity index (χ4n) is 2.85. The quantitative estimate of drug-likeness (QED) is 0.879. The maximum atomic E-state index is 11.5. The number of carbonyl (C=O) groups is 2. The van der Waals surface area contributed by atoms with Crippen molar-refractivity contribution in [2.24, 2.45) is 11.1 Å². The predicted octanol–water partition coefficient (Wildman–Crippen LogP) is 1.87. The Hall–Kier alpha value is -2.04. The molecule has 0 aliphatic carbocycles. The van der Waals surface area contributed by atoms with Crippen LogP contribution in [0.15, 0.2) is 24.3 Å². The summed E-state index contributed by atoms with van der Waals surface area (Å²) in [7, 11) is 0. The first-order valence-electron chi connectivity index (χ1n) is 6.87. The van der Waals surface area contributed by atoms with Crippen molar-refractivity contribution in [1.29, 1.82) is 0 Å². The van der Waals surface area contributed by atoms with Gasteiger partial charge in [0.25, 0.3) is 5.91 Å². The molecule has 108 valence electrons. The van der Waals surface area contributed by atoms with Crippen molar-refractivity contribution in [3.63, 3.8) is 0 Å². The highest BCUT2D eigenvalue weighted by atomic mass is 16.4. The van der Waals surface area contributed by atoms with Crippen LogP contribution in [0.1, 0.15) is 36.5 Å². The Balaban J connectivity index is 2.19. The molecule has 5 nitrogen and oxygen atoms in total. The number of amides is 1. The van der Waals surface area contributed by atoms with E-state index in [2.05, 4.69) is 4.90 Å². The first-order valence-corrected chi connectivity index (χ1v) is 6.87. The lowest BCUT2D eigenvalue weighted by molar-refractivity contribution is -0.150. The van der Waals surface area contributed by atoms with Crippen LogP contribution < -0.4 is 10.6 Å². The Kier molecular flexibility index (Phi) is 3.97. The molecule has 0 radical (unpaired) electrons. The van der Waals surface area contributed by atoms with Crippen molar-refractivity contribution in [2.45, 2.75) is 26.2 Å². The molecule has 1 amide bonds. The summed E-state index contributed by atoms with van der Waals surface area (Å²) in [4.78, 5) is 24.9. The van der Waals surface area contributed by atoms with Crippen LogP contribution in [-0.4, -0.2) is 30.1 Å². The van der Waals surface area contributed by atoms with Gasteiger partial charge in [0.15, 0.2) is 0 Å². The summed E-state index contributed by atoms with van der Waals surface area (Å²) in [5.41, 5.74) is 6.06. The summed E-state index contributed by atoms with van der Waals surface area (Å²) in [5, 5.41) is 9.40. The van der Waals surface area contributed by atoms with Crippen LogP contribution >= 0.6 is 0 Å². The topological polar surface area (TPSA) is 83.6 Å². The Labute approximate surface area is 118 Å². The fraction of sp³-hybridized carbons (Fsp3) is 0.467. The minimum Gasteiger partial charge on any atom is -0.481 e. The van der Waals surface area contributed by atoms with E-state index in [9.17, 15) is 14.7 Å². The van der Waals surface area contributed by atoms with E-state index < -0.39 is 17.3 Å². The largest absolute Gasteiger partial charge is 0.481 e. The zero-order valence-electron chi connectivity index (χ0n) is 11.6. The molecular weight excluding hydrogens is 256 g/mol. The highest BCUT2D eigenvalue weighted by molar-refractivity contribution is 5.98. The Morgan fingerprint density at radius 1 is 1.30 bits per heavy atom. The number of aliphatic carboxylic acids is 1. The van der Waals surface area contributed by atoms with Gasteiger partial charge in [-0.05, 0) is 31.4 Å². The molecule has 1 aromatic rings. The van der Waals surface area contributed by atoms with Gasteiger partial charge in [-0.25, -0.2) is 0 Å². The standard InChI is InChI=1S/C15H20N2O3/c1-2-15(14(19)20)7-9-17(10-8-15)12-6-4-3-5-11(12)13(16)18/h3-6H,2,7-10H2,1H3,(H2,16,18)(H,19,20). The lowest BCUT2D eigenvalue weighted by atomic mass is 9.76. The second-order valence-electron chi connectivity index (χ2n) is 5.31. The Morgan fingerprint density at radius 3 is 2.40 bits per heavy atom. The molecule has 1 aromatic carbocycles. The smallest absolute Gasteiger partial charge is 0.309 e. The highest BCUT2D eigenvalue weighted by Gasteiger charge is 2.40. The number of primary amides is 1. The van der Waals surface area contributed by atoms with Gasteiger partial charge in [-0.3, -0.25) is 9.59 Å². The molecule has 1 saturated heterocycles. The molecule has 0 bridgehead atoms. The fourth-order valence-corrected chi connectivity index (χ4v) is 2.85. The zero-order chi connectivity index (χ0) is 14.8. The minimum absolute atomic E-state index is 0.453. The van der Waals surface area contributed by atoms with Crippen molar-refractivity contribution in [3.05, 3.63) is 29.8 Å². The molecule has 0 spiro atoms. The number of piperidine rings is 1. The van der Waals surface area contributed by atoms with E-state index >= 15 is 0 Å². The van der Waals surface area contributed by atoms with Crippen LogP contribution in [0.25, 0.3) is 0 Å². The number of hydrogen-bond donors (Lipinski definition) is 2. The Morgan fingerprint density at radius 2 is 1.90 bits per heavy atom. The molecule has 0 aromatic heterocycles. The third kappa shape index (κ3) is 2.48. The van der Waals surface area contributed by atoms with Gasteiger partial charge in [0.2, 0.25) is 0 Å². The van der Waals surface area contributed by atoms with Crippen molar-refractivity contribution < 1.29 is 14.7 Å². The van der Waals surface area contributed by atoms with E-state index in [0.717, 1.165) is 5.69 Å². The lowest BCUT2D eigenvalue weighted by Gasteiger charge is -2.39. The summed E-state index contributed by atoms with van der Waals surface area (Å²) in [6.07, 6.45) is 1.81. The van der Waals surface area contributed by atoms with Crippen molar-refractivity contribution in [1.82, 2.24) is 0 Å². The second-order valence-corrected chi connectivity index (χ2v) is 5.31. The van der Waals surface area contributed by atoms with Crippen LogP contribution in [-0.2, 0) is 4.79 Å². The maximum Gasteiger partial charge on any atom is 0.309 e. The average Bonchev–Trinajstić information content (AvgIpc) is 2.47. The number of para-hydroxylation sites is 1.